The predicted octanol–water partition coefficient (Wildman–Crippen LogP) is 2.91. The van der Waals surface area contributed by atoms with Crippen molar-refractivity contribution in [3.63, 3.8) is 0 Å². The third kappa shape index (κ3) is 3.20. The second-order valence-electron chi connectivity index (χ2n) is 2.60. The van der Waals surface area contributed by atoms with Crippen LogP contribution in [0.2, 0.25) is 0 Å². The van der Waals surface area contributed by atoms with Crippen molar-refractivity contribution >= 4 is 32.9 Å². The van der Waals surface area contributed by atoms with Crippen LogP contribution in [0.3, 0.4) is 0 Å². The molecule has 14 heavy (non-hydrogen) atoms. The lowest BCUT2D eigenvalue weighted by Crippen LogP contribution is -2.15. The van der Waals surface area contributed by atoms with Gasteiger partial charge in [-0.2, -0.15) is 0 Å². The highest BCUT2D eigenvalue weighted by atomic mass is 79.9. The molecule has 0 aliphatic carbocycles. The van der Waals surface area contributed by atoms with Gasteiger partial charge in [-0.05, 0) is 45.2 Å². The van der Waals surface area contributed by atoms with E-state index >= 15 is 0 Å². The number of rotatable bonds is 3. The molecule has 1 aromatic carbocycles. The lowest BCUT2D eigenvalue weighted by Gasteiger charge is -2.06. The number of carbonyl (C=O) groups excluding carboxylic acids is 1. The lowest BCUT2D eigenvalue weighted by molar-refractivity contribution is 0.259. The second-order valence-corrected chi connectivity index (χ2v) is 3.79. The fourth-order valence-electron chi connectivity index (χ4n) is 0.991. The summed E-state index contributed by atoms with van der Waals surface area (Å²) in [5, 5.41) is 1.93. The smallest absolute Gasteiger partial charge is 0.314 e. The van der Waals surface area contributed by atoms with Crippen LogP contribution in [0, 0.1) is 0 Å². The van der Waals surface area contributed by atoms with Crippen LogP contribution in [0.5, 0.6) is 5.75 Å². The van der Waals surface area contributed by atoms with Crippen molar-refractivity contribution in [3.05, 3.63) is 28.2 Å². The molecule has 0 saturated heterocycles. The first-order chi connectivity index (χ1) is 6.63. The highest BCUT2D eigenvalue weighted by molar-refractivity contribution is 9.10. The van der Waals surface area contributed by atoms with Gasteiger partial charge in [0.05, 0.1) is 11.6 Å². The van der Waals surface area contributed by atoms with E-state index in [9.17, 15) is 4.79 Å². The van der Waals surface area contributed by atoms with Crippen molar-refractivity contribution in [2.75, 3.05) is 7.11 Å². The van der Waals surface area contributed by atoms with Gasteiger partial charge in [0, 0.05) is 6.54 Å². The molecule has 1 N–H and O–H groups in total. The Bertz CT molecular complexity index is 344. The van der Waals surface area contributed by atoms with Gasteiger partial charge in [0.15, 0.2) is 0 Å². The molecular weight excluding hydrogens is 269 g/mol. The molecule has 0 aromatic heterocycles. The van der Waals surface area contributed by atoms with Crippen LogP contribution in [-0.4, -0.2) is 12.5 Å². The molecule has 5 heteroatoms. The van der Waals surface area contributed by atoms with Crippen molar-refractivity contribution < 1.29 is 9.53 Å². The average Bonchev–Trinajstić information content (AvgIpc) is 2.15. The third-order valence-corrected chi connectivity index (χ3v) is 2.40. The van der Waals surface area contributed by atoms with Crippen LogP contribution in [0.1, 0.15) is 5.56 Å². The zero-order chi connectivity index (χ0) is 10.6. The largest absolute Gasteiger partial charge is 0.496 e. The van der Waals surface area contributed by atoms with E-state index in [4.69, 9.17) is 16.3 Å². The van der Waals surface area contributed by atoms with E-state index in [0.29, 0.717) is 6.54 Å². The Morgan fingerprint density at radius 2 is 2.36 bits per heavy atom. The van der Waals surface area contributed by atoms with Crippen LogP contribution in [0.15, 0.2) is 22.7 Å². The molecule has 0 fully saturated rings. The van der Waals surface area contributed by atoms with E-state index in [1.165, 1.54) is 0 Å². The van der Waals surface area contributed by atoms with Gasteiger partial charge < -0.3 is 10.1 Å². The van der Waals surface area contributed by atoms with Gasteiger partial charge in [0.1, 0.15) is 5.75 Å². The van der Waals surface area contributed by atoms with E-state index in [0.717, 1.165) is 15.8 Å². The monoisotopic (exact) mass is 277 g/mol. The summed E-state index contributed by atoms with van der Waals surface area (Å²) >= 11 is 8.48. The Kier molecular flexibility index (Phi) is 4.22. The Morgan fingerprint density at radius 1 is 1.64 bits per heavy atom. The topological polar surface area (TPSA) is 38.3 Å². The molecule has 1 aromatic rings. The Labute approximate surface area is 95.5 Å². The predicted molar refractivity (Wildman–Crippen MR) is 58.8 cm³/mol. The van der Waals surface area contributed by atoms with Crippen LogP contribution in [0.25, 0.3) is 0 Å². The number of ether oxygens (including phenoxy) is 1. The number of amides is 1. The third-order valence-electron chi connectivity index (χ3n) is 1.65. The fraction of sp³-hybridized carbons (Fsp3) is 0.222. The van der Waals surface area contributed by atoms with E-state index in [2.05, 4.69) is 21.2 Å². The summed E-state index contributed by atoms with van der Waals surface area (Å²) in [6.07, 6.45) is 0. The summed E-state index contributed by atoms with van der Waals surface area (Å²) < 4.78 is 5.91. The molecule has 0 aliphatic rings. The summed E-state index contributed by atoms with van der Waals surface area (Å²) in [4.78, 5) is 10.4. The van der Waals surface area contributed by atoms with E-state index < -0.39 is 5.37 Å². The maximum absolute atomic E-state index is 10.4. The molecule has 0 bridgehead atoms. The number of methoxy groups -OCH3 is 1. The Balaban J connectivity index is 2.71. The zero-order valence-electron chi connectivity index (χ0n) is 7.51. The molecule has 0 heterocycles. The molecule has 3 nitrogen and oxygen atoms in total. The van der Waals surface area contributed by atoms with Gasteiger partial charge in [0.25, 0.3) is 0 Å². The Morgan fingerprint density at radius 3 is 2.86 bits per heavy atom. The van der Waals surface area contributed by atoms with Crippen LogP contribution in [-0.2, 0) is 6.54 Å². The molecule has 76 valence electrons. The molecule has 0 radical (unpaired) electrons. The summed E-state index contributed by atoms with van der Waals surface area (Å²) in [7, 11) is 1.60. The van der Waals surface area contributed by atoms with Crippen molar-refractivity contribution in [3.8, 4) is 5.75 Å². The highest BCUT2D eigenvalue weighted by Gasteiger charge is 2.01. The molecule has 0 aliphatic heterocycles. The summed E-state index contributed by atoms with van der Waals surface area (Å²) in [6, 6.07) is 5.54. The minimum atomic E-state index is -0.558. The SMILES string of the molecule is COc1ccc(CNC(=O)Cl)cc1Br. The molecule has 0 unspecified atom stereocenters. The first kappa shape index (κ1) is 11.3. The molecule has 0 atom stereocenters. The van der Waals surface area contributed by atoms with Crippen molar-refractivity contribution in [1.29, 1.82) is 0 Å². The molecule has 0 spiro atoms. The molecule has 1 rings (SSSR count). The first-order valence-electron chi connectivity index (χ1n) is 3.89. The lowest BCUT2D eigenvalue weighted by atomic mass is 10.2. The molecule has 1 amide bonds. The maximum atomic E-state index is 10.4. The number of halogens is 2. The van der Waals surface area contributed by atoms with Gasteiger partial charge in [0.2, 0.25) is 0 Å². The highest BCUT2D eigenvalue weighted by Crippen LogP contribution is 2.25. The van der Waals surface area contributed by atoms with Gasteiger partial charge in [-0.1, -0.05) is 6.07 Å². The average molecular weight is 279 g/mol. The van der Waals surface area contributed by atoms with Crippen molar-refractivity contribution in [1.82, 2.24) is 5.32 Å². The first-order valence-corrected chi connectivity index (χ1v) is 5.06. The zero-order valence-corrected chi connectivity index (χ0v) is 9.85. The maximum Gasteiger partial charge on any atom is 0.314 e. The van der Waals surface area contributed by atoms with Crippen LogP contribution in [0.4, 0.5) is 4.79 Å². The molecule has 0 saturated carbocycles. The summed E-state index contributed by atoms with van der Waals surface area (Å²) in [6.45, 7) is 0.408. The van der Waals surface area contributed by atoms with Gasteiger partial charge >= 0.3 is 5.37 Å². The standard InChI is InChI=1S/C9H9BrClNO2/c1-14-8-3-2-6(4-7(8)10)5-12-9(11)13/h2-4H,5H2,1H3,(H,12,13). The summed E-state index contributed by atoms with van der Waals surface area (Å²) in [5.41, 5.74) is 0.951. The van der Waals surface area contributed by atoms with E-state index in [-0.39, 0.29) is 0 Å². The number of benzene rings is 1. The van der Waals surface area contributed by atoms with E-state index in [1.807, 2.05) is 18.2 Å². The minimum absolute atomic E-state index is 0.408. The second kappa shape index (κ2) is 5.22. The fourth-order valence-corrected chi connectivity index (χ4v) is 1.65. The Hall–Kier alpha value is -0.740. The molecular formula is C9H9BrClNO2. The summed E-state index contributed by atoms with van der Waals surface area (Å²) in [5.74, 6) is 0.756. The number of hydrogen-bond acceptors (Lipinski definition) is 2. The quantitative estimate of drug-likeness (QED) is 0.682. The van der Waals surface area contributed by atoms with Crippen molar-refractivity contribution in [2.24, 2.45) is 0 Å². The van der Waals surface area contributed by atoms with Gasteiger partial charge in [-0.15, -0.1) is 0 Å². The number of hydrogen-bond donors (Lipinski definition) is 1. The van der Waals surface area contributed by atoms with Gasteiger partial charge in [-0.25, -0.2) is 0 Å². The normalized spacial score (nSPS) is 9.64. The van der Waals surface area contributed by atoms with E-state index in [1.54, 1.807) is 7.11 Å². The minimum Gasteiger partial charge on any atom is -0.496 e. The van der Waals surface area contributed by atoms with Crippen LogP contribution < -0.4 is 10.1 Å². The van der Waals surface area contributed by atoms with Crippen LogP contribution >= 0.6 is 27.5 Å². The van der Waals surface area contributed by atoms with Gasteiger partial charge in [-0.3, -0.25) is 4.79 Å². The number of nitrogens with one attached hydrogen (secondary N) is 1. The van der Waals surface area contributed by atoms with Crippen molar-refractivity contribution in [2.45, 2.75) is 6.54 Å². The number of carbonyl (C=O) groups is 1.